The average Bonchev–Trinajstić information content (AvgIpc) is 2.78. The van der Waals surface area contributed by atoms with Gasteiger partial charge in [0.2, 0.25) is 0 Å². The number of hydrogen-bond donors (Lipinski definition) is 2. The predicted octanol–water partition coefficient (Wildman–Crippen LogP) is 3.73. The lowest BCUT2D eigenvalue weighted by Crippen LogP contribution is -2.44. The van der Waals surface area contributed by atoms with Crippen molar-refractivity contribution in [2.75, 3.05) is 32.1 Å². The number of amides is 3. The smallest absolute Gasteiger partial charge is 0.317 e. The minimum Gasteiger partial charge on any atom is -0.497 e. The van der Waals surface area contributed by atoms with Gasteiger partial charge in [-0.05, 0) is 56.2 Å². The summed E-state index contributed by atoms with van der Waals surface area (Å²) in [6, 6.07) is 10.8. The number of rotatable bonds is 6. The number of aromatic nitrogens is 1. The van der Waals surface area contributed by atoms with Crippen LogP contribution in [0.25, 0.3) is 0 Å². The second kappa shape index (κ2) is 9.91. The molecule has 1 aromatic carbocycles. The van der Waals surface area contributed by atoms with E-state index < -0.39 is 0 Å². The van der Waals surface area contributed by atoms with E-state index in [2.05, 4.69) is 17.2 Å². The van der Waals surface area contributed by atoms with Crippen LogP contribution in [-0.2, 0) is 0 Å². The molecule has 0 atom stereocenters. The number of nitrogens with one attached hydrogen (secondary N) is 2. The van der Waals surface area contributed by atoms with Gasteiger partial charge in [0, 0.05) is 36.9 Å². The summed E-state index contributed by atoms with van der Waals surface area (Å²) in [5.74, 6) is 0.674. The second-order valence-electron chi connectivity index (χ2n) is 7.30. The minimum atomic E-state index is -0.186. The van der Waals surface area contributed by atoms with Gasteiger partial charge in [-0.2, -0.15) is 0 Å². The summed E-state index contributed by atoms with van der Waals surface area (Å²) in [5, 5.41) is 5.75. The van der Waals surface area contributed by atoms with Crippen LogP contribution in [0, 0.1) is 6.92 Å². The lowest BCUT2D eigenvalue weighted by Gasteiger charge is -2.32. The van der Waals surface area contributed by atoms with Gasteiger partial charge in [0.15, 0.2) is 0 Å². The van der Waals surface area contributed by atoms with E-state index in [1.165, 1.54) is 0 Å². The van der Waals surface area contributed by atoms with Crippen molar-refractivity contribution in [2.45, 2.75) is 25.7 Å². The first-order valence-electron chi connectivity index (χ1n) is 10.1. The quantitative estimate of drug-likeness (QED) is 0.714. The van der Waals surface area contributed by atoms with Crippen LogP contribution in [0.3, 0.4) is 0 Å². The molecule has 0 aliphatic carbocycles. The fraction of sp³-hybridized carbons (Fsp3) is 0.348. The number of pyridine rings is 1. The van der Waals surface area contributed by atoms with E-state index in [1.807, 2.05) is 19.1 Å². The molecule has 1 aliphatic rings. The van der Waals surface area contributed by atoms with Crippen LogP contribution in [0.2, 0.25) is 0 Å². The Bertz CT molecular complexity index is 903. The van der Waals surface area contributed by atoms with Crippen LogP contribution in [-0.4, -0.2) is 48.6 Å². The molecule has 2 heterocycles. The maximum atomic E-state index is 13.0. The molecule has 0 unspecified atom stereocenters. The number of piperidine rings is 1. The van der Waals surface area contributed by atoms with E-state index in [9.17, 15) is 9.59 Å². The standard InChI is InChI=1S/C23H28N4O3/c1-4-13-24-23(29)27-14-11-17(12-15-27)21-20(10-5-16(2)25-21)22(28)26-18-6-8-19(30-3)9-7-18/h4-10,17H,1,11-15H2,2-3H3,(H,24,29)(H,26,28). The molecule has 1 fully saturated rings. The second-order valence-corrected chi connectivity index (χ2v) is 7.30. The van der Waals surface area contributed by atoms with Crippen molar-refractivity contribution in [3.63, 3.8) is 0 Å². The number of hydrogen-bond acceptors (Lipinski definition) is 4. The minimum absolute atomic E-state index is 0.0805. The summed E-state index contributed by atoms with van der Waals surface area (Å²) >= 11 is 0. The van der Waals surface area contributed by atoms with Gasteiger partial charge in [0.25, 0.3) is 5.91 Å². The highest BCUT2D eigenvalue weighted by atomic mass is 16.5. The van der Waals surface area contributed by atoms with Crippen LogP contribution in [0.4, 0.5) is 10.5 Å². The number of carbonyl (C=O) groups is 2. The van der Waals surface area contributed by atoms with Gasteiger partial charge in [0.05, 0.1) is 18.4 Å². The van der Waals surface area contributed by atoms with Crippen LogP contribution >= 0.6 is 0 Å². The van der Waals surface area contributed by atoms with E-state index in [-0.39, 0.29) is 17.9 Å². The maximum Gasteiger partial charge on any atom is 0.317 e. The molecule has 0 spiro atoms. The summed E-state index contributed by atoms with van der Waals surface area (Å²) in [4.78, 5) is 31.6. The van der Waals surface area contributed by atoms with E-state index in [1.54, 1.807) is 42.4 Å². The summed E-state index contributed by atoms with van der Waals surface area (Å²) in [5.41, 5.74) is 2.94. The first kappa shape index (κ1) is 21.4. The van der Waals surface area contributed by atoms with Crippen molar-refractivity contribution in [3.05, 3.63) is 66.0 Å². The van der Waals surface area contributed by atoms with Gasteiger partial charge in [-0.1, -0.05) is 6.08 Å². The monoisotopic (exact) mass is 408 g/mol. The molecule has 2 N–H and O–H groups in total. The number of carbonyl (C=O) groups excluding carboxylic acids is 2. The molecule has 2 aromatic rings. The normalized spacial score (nSPS) is 14.1. The van der Waals surface area contributed by atoms with Gasteiger partial charge >= 0.3 is 6.03 Å². The summed E-state index contributed by atoms with van der Waals surface area (Å²) in [6.07, 6.45) is 3.19. The fourth-order valence-corrected chi connectivity index (χ4v) is 3.58. The summed E-state index contributed by atoms with van der Waals surface area (Å²) in [6.45, 7) is 7.25. The summed E-state index contributed by atoms with van der Waals surface area (Å²) in [7, 11) is 1.60. The number of likely N-dealkylation sites (tertiary alicyclic amines) is 1. The van der Waals surface area contributed by atoms with Crippen LogP contribution < -0.4 is 15.4 Å². The van der Waals surface area contributed by atoms with Crippen molar-refractivity contribution in [3.8, 4) is 5.75 Å². The lowest BCUT2D eigenvalue weighted by molar-refractivity contribution is 0.102. The highest BCUT2D eigenvalue weighted by molar-refractivity contribution is 6.05. The number of aryl methyl sites for hydroxylation is 1. The fourth-order valence-electron chi connectivity index (χ4n) is 3.58. The SMILES string of the molecule is C=CCNC(=O)N1CCC(c2nc(C)ccc2C(=O)Nc2ccc(OC)cc2)CC1. The van der Waals surface area contributed by atoms with E-state index in [4.69, 9.17) is 9.72 Å². The Hall–Kier alpha value is -3.35. The van der Waals surface area contributed by atoms with Crippen molar-refractivity contribution in [2.24, 2.45) is 0 Å². The van der Waals surface area contributed by atoms with Gasteiger partial charge in [0.1, 0.15) is 5.75 Å². The van der Waals surface area contributed by atoms with E-state index >= 15 is 0 Å². The average molecular weight is 409 g/mol. The molecule has 0 saturated carbocycles. The number of anilines is 1. The lowest BCUT2D eigenvalue weighted by atomic mass is 9.90. The van der Waals surface area contributed by atoms with Crippen LogP contribution in [0.5, 0.6) is 5.75 Å². The third kappa shape index (κ3) is 5.17. The molecule has 158 valence electrons. The Labute approximate surface area is 177 Å². The molecular weight excluding hydrogens is 380 g/mol. The Balaban J connectivity index is 1.71. The number of methoxy groups -OCH3 is 1. The molecule has 3 rings (SSSR count). The third-order valence-electron chi connectivity index (χ3n) is 5.22. The molecule has 0 bridgehead atoms. The topological polar surface area (TPSA) is 83.6 Å². The van der Waals surface area contributed by atoms with Crippen molar-refractivity contribution >= 4 is 17.6 Å². The molecule has 3 amide bonds. The Morgan fingerprint density at radius 3 is 2.53 bits per heavy atom. The maximum absolute atomic E-state index is 13.0. The molecule has 1 aliphatic heterocycles. The van der Waals surface area contributed by atoms with E-state index in [0.29, 0.717) is 30.9 Å². The Morgan fingerprint density at radius 1 is 1.20 bits per heavy atom. The van der Waals surface area contributed by atoms with Crippen molar-refractivity contribution in [1.82, 2.24) is 15.2 Å². The molecule has 0 radical (unpaired) electrons. The van der Waals surface area contributed by atoms with Gasteiger partial charge < -0.3 is 20.3 Å². The molecule has 7 nitrogen and oxygen atoms in total. The molecule has 1 aromatic heterocycles. The largest absolute Gasteiger partial charge is 0.497 e. The van der Waals surface area contributed by atoms with Gasteiger partial charge in [-0.3, -0.25) is 9.78 Å². The molecule has 1 saturated heterocycles. The Kier molecular flexibility index (Phi) is 7.06. The molecular formula is C23H28N4O3. The van der Waals surface area contributed by atoms with Crippen LogP contribution in [0.15, 0.2) is 49.1 Å². The third-order valence-corrected chi connectivity index (χ3v) is 5.22. The zero-order valence-electron chi connectivity index (χ0n) is 17.5. The number of nitrogens with zero attached hydrogens (tertiary/aromatic N) is 2. The van der Waals surface area contributed by atoms with Crippen LogP contribution in [0.1, 0.15) is 40.5 Å². The number of benzene rings is 1. The first-order chi connectivity index (χ1) is 14.5. The highest BCUT2D eigenvalue weighted by Gasteiger charge is 2.27. The summed E-state index contributed by atoms with van der Waals surface area (Å²) < 4.78 is 5.16. The Morgan fingerprint density at radius 2 is 1.90 bits per heavy atom. The predicted molar refractivity (Wildman–Crippen MR) is 117 cm³/mol. The zero-order valence-corrected chi connectivity index (χ0v) is 17.5. The van der Waals surface area contributed by atoms with Crippen molar-refractivity contribution in [1.29, 1.82) is 0 Å². The molecule has 30 heavy (non-hydrogen) atoms. The van der Waals surface area contributed by atoms with Crippen molar-refractivity contribution < 1.29 is 14.3 Å². The van der Waals surface area contributed by atoms with Gasteiger partial charge in [-0.25, -0.2) is 4.79 Å². The molecule has 7 heteroatoms. The zero-order chi connectivity index (χ0) is 21.5. The van der Waals surface area contributed by atoms with E-state index in [0.717, 1.165) is 30.0 Å². The van der Waals surface area contributed by atoms with Gasteiger partial charge in [-0.15, -0.1) is 6.58 Å². The highest BCUT2D eigenvalue weighted by Crippen LogP contribution is 2.30. The first-order valence-corrected chi connectivity index (χ1v) is 10.1. The number of ether oxygens (including phenoxy) is 1. The number of urea groups is 1.